The highest BCUT2D eigenvalue weighted by atomic mass is 16.5. The van der Waals surface area contributed by atoms with Crippen molar-refractivity contribution in [3.8, 4) is 0 Å². The fourth-order valence-corrected chi connectivity index (χ4v) is 3.31. The smallest absolute Gasteiger partial charge is 0.303 e. The van der Waals surface area contributed by atoms with Gasteiger partial charge in [0.15, 0.2) is 0 Å². The van der Waals surface area contributed by atoms with E-state index in [4.69, 9.17) is 9.84 Å². The van der Waals surface area contributed by atoms with Crippen LogP contribution < -0.4 is 5.32 Å². The van der Waals surface area contributed by atoms with Gasteiger partial charge in [-0.25, -0.2) is 0 Å². The normalized spacial score (nSPS) is 23.9. The van der Waals surface area contributed by atoms with E-state index in [2.05, 4.69) is 19.2 Å². The third kappa shape index (κ3) is 3.72. The van der Waals surface area contributed by atoms with Gasteiger partial charge < -0.3 is 15.2 Å². The monoisotopic (exact) mass is 285 g/mol. The van der Waals surface area contributed by atoms with Gasteiger partial charge in [-0.15, -0.1) is 0 Å². The number of hydrogen-bond donors (Lipinski definition) is 2. The molecule has 5 heteroatoms. The highest BCUT2D eigenvalue weighted by Gasteiger charge is 2.53. The summed E-state index contributed by atoms with van der Waals surface area (Å²) in [5.41, 5.74) is 0.0610. The van der Waals surface area contributed by atoms with Crippen molar-refractivity contribution in [3.63, 3.8) is 0 Å². The standard InChI is InChI=1S/C15H27NO4/c1-4-15(5-2)11(10-12(15)20-3)16-13(17)8-6-7-9-14(18)19/h11-12H,4-10H2,1-3H3,(H,16,17)(H,18,19). The first-order valence-electron chi connectivity index (χ1n) is 7.54. The Bertz CT molecular complexity index is 339. The molecule has 1 saturated carbocycles. The van der Waals surface area contributed by atoms with Crippen LogP contribution >= 0.6 is 0 Å². The molecule has 116 valence electrons. The molecular weight excluding hydrogens is 258 g/mol. The van der Waals surface area contributed by atoms with Crippen molar-refractivity contribution >= 4 is 11.9 Å². The second kappa shape index (κ2) is 7.62. The van der Waals surface area contributed by atoms with Gasteiger partial charge >= 0.3 is 5.97 Å². The minimum atomic E-state index is -0.802. The zero-order chi connectivity index (χ0) is 15.2. The van der Waals surface area contributed by atoms with Gasteiger partial charge in [0.1, 0.15) is 0 Å². The summed E-state index contributed by atoms with van der Waals surface area (Å²) in [5.74, 6) is -0.774. The number of rotatable bonds is 9. The molecule has 0 aromatic heterocycles. The van der Waals surface area contributed by atoms with Crippen molar-refractivity contribution < 1.29 is 19.4 Å². The molecule has 0 aliphatic heterocycles. The van der Waals surface area contributed by atoms with Crippen molar-refractivity contribution in [2.24, 2.45) is 5.41 Å². The third-order valence-corrected chi connectivity index (χ3v) is 4.77. The first-order valence-corrected chi connectivity index (χ1v) is 7.54. The maximum absolute atomic E-state index is 11.9. The molecule has 20 heavy (non-hydrogen) atoms. The number of methoxy groups -OCH3 is 1. The average molecular weight is 285 g/mol. The van der Waals surface area contributed by atoms with Gasteiger partial charge in [0.25, 0.3) is 0 Å². The first-order chi connectivity index (χ1) is 9.50. The molecular formula is C15H27NO4. The molecule has 1 fully saturated rings. The molecule has 0 radical (unpaired) electrons. The molecule has 2 N–H and O–H groups in total. The summed E-state index contributed by atoms with van der Waals surface area (Å²) in [7, 11) is 1.73. The first kappa shape index (κ1) is 17.0. The van der Waals surface area contributed by atoms with Crippen molar-refractivity contribution in [1.82, 2.24) is 5.32 Å². The summed E-state index contributed by atoms with van der Waals surface area (Å²) in [6, 6.07) is 0.189. The number of unbranched alkanes of at least 4 members (excludes halogenated alkanes) is 1. The van der Waals surface area contributed by atoms with Gasteiger partial charge in [-0.05, 0) is 32.1 Å². The number of carbonyl (C=O) groups is 2. The highest BCUT2D eigenvalue weighted by molar-refractivity contribution is 5.76. The summed E-state index contributed by atoms with van der Waals surface area (Å²) in [6.07, 6.45) is 4.82. The minimum Gasteiger partial charge on any atom is -0.481 e. The lowest BCUT2D eigenvalue weighted by molar-refractivity contribution is -0.142. The second-order valence-electron chi connectivity index (χ2n) is 5.62. The van der Waals surface area contributed by atoms with Gasteiger partial charge in [0, 0.05) is 31.4 Å². The lowest BCUT2D eigenvalue weighted by Crippen LogP contribution is -2.64. The highest BCUT2D eigenvalue weighted by Crippen LogP contribution is 2.48. The third-order valence-electron chi connectivity index (χ3n) is 4.77. The number of carboxylic acid groups (broad SMARTS) is 1. The van der Waals surface area contributed by atoms with Crippen LogP contribution in [0, 0.1) is 5.41 Å². The van der Waals surface area contributed by atoms with E-state index in [0.717, 1.165) is 19.3 Å². The molecule has 1 aliphatic rings. The van der Waals surface area contributed by atoms with E-state index in [1.165, 1.54) is 0 Å². The summed E-state index contributed by atoms with van der Waals surface area (Å²) >= 11 is 0. The minimum absolute atomic E-state index is 0.0289. The fourth-order valence-electron chi connectivity index (χ4n) is 3.31. The summed E-state index contributed by atoms with van der Waals surface area (Å²) in [4.78, 5) is 22.3. The zero-order valence-electron chi connectivity index (χ0n) is 12.8. The number of aliphatic carboxylic acids is 1. The van der Waals surface area contributed by atoms with E-state index in [-0.39, 0.29) is 29.9 Å². The van der Waals surface area contributed by atoms with Gasteiger partial charge in [-0.2, -0.15) is 0 Å². The Labute approximate surface area is 121 Å². The van der Waals surface area contributed by atoms with E-state index >= 15 is 0 Å². The Morgan fingerprint density at radius 3 is 2.35 bits per heavy atom. The van der Waals surface area contributed by atoms with Crippen LogP contribution in [0.25, 0.3) is 0 Å². The largest absolute Gasteiger partial charge is 0.481 e. The maximum atomic E-state index is 11.9. The Morgan fingerprint density at radius 2 is 1.85 bits per heavy atom. The van der Waals surface area contributed by atoms with Gasteiger partial charge in [-0.3, -0.25) is 9.59 Å². The molecule has 0 spiro atoms. The van der Waals surface area contributed by atoms with Crippen LogP contribution in [0.5, 0.6) is 0 Å². The topological polar surface area (TPSA) is 75.6 Å². The molecule has 1 rings (SSSR count). The molecule has 0 aromatic carbocycles. The Balaban J connectivity index is 2.37. The number of carboxylic acids is 1. The molecule has 0 bridgehead atoms. The van der Waals surface area contributed by atoms with Crippen LogP contribution in [0.1, 0.15) is 58.8 Å². The predicted molar refractivity (Wildman–Crippen MR) is 76.5 cm³/mol. The molecule has 1 aliphatic carbocycles. The van der Waals surface area contributed by atoms with E-state index in [9.17, 15) is 9.59 Å². The molecule has 2 atom stereocenters. The summed E-state index contributed by atoms with van der Waals surface area (Å²) < 4.78 is 5.50. The zero-order valence-corrected chi connectivity index (χ0v) is 12.8. The van der Waals surface area contributed by atoms with E-state index < -0.39 is 5.97 Å². The molecule has 0 heterocycles. The lowest BCUT2D eigenvalue weighted by Gasteiger charge is -2.55. The van der Waals surface area contributed by atoms with Crippen LogP contribution in [0.15, 0.2) is 0 Å². The van der Waals surface area contributed by atoms with Crippen molar-refractivity contribution in [2.45, 2.75) is 70.9 Å². The Kier molecular flexibility index (Phi) is 6.46. The van der Waals surface area contributed by atoms with E-state index in [1.54, 1.807) is 7.11 Å². The average Bonchev–Trinajstić information content (AvgIpc) is 2.40. The number of ether oxygens (including phenoxy) is 1. The van der Waals surface area contributed by atoms with Crippen LogP contribution in [-0.4, -0.2) is 36.2 Å². The lowest BCUT2D eigenvalue weighted by atomic mass is 9.58. The Hall–Kier alpha value is -1.10. The number of amides is 1. The molecule has 5 nitrogen and oxygen atoms in total. The van der Waals surface area contributed by atoms with E-state index in [1.807, 2.05) is 0 Å². The molecule has 2 unspecified atom stereocenters. The molecule has 0 saturated heterocycles. The fraction of sp³-hybridized carbons (Fsp3) is 0.867. The number of carbonyl (C=O) groups excluding carboxylic acids is 1. The molecule has 1 amide bonds. The number of hydrogen-bond acceptors (Lipinski definition) is 3. The Morgan fingerprint density at radius 1 is 1.25 bits per heavy atom. The molecule has 0 aromatic rings. The van der Waals surface area contributed by atoms with E-state index in [0.29, 0.717) is 19.3 Å². The van der Waals surface area contributed by atoms with Crippen LogP contribution in [0.4, 0.5) is 0 Å². The van der Waals surface area contributed by atoms with Gasteiger partial charge in [0.2, 0.25) is 5.91 Å². The summed E-state index contributed by atoms with van der Waals surface area (Å²) in [5, 5.41) is 11.6. The van der Waals surface area contributed by atoms with Crippen LogP contribution in [-0.2, 0) is 14.3 Å². The predicted octanol–water partition coefficient (Wildman–Crippen LogP) is 2.34. The maximum Gasteiger partial charge on any atom is 0.303 e. The quantitative estimate of drug-likeness (QED) is 0.638. The van der Waals surface area contributed by atoms with Crippen molar-refractivity contribution in [2.75, 3.05) is 7.11 Å². The second-order valence-corrected chi connectivity index (χ2v) is 5.62. The van der Waals surface area contributed by atoms with Gasteiger partial charge in [-0.1, -0.05) is 13.8 Å². The van der Waals surface area contributed by atoms with Gasteiger partial charge in [0.05, 0.1) is 6.10 Å². The SMILES string of the molecule is CCC1(CC)C(NC(=O)CCCCC(=O)O)CC1OC. The summed E-state index contributed by atoms with van der Waals surface area (Å²) in [6.45, 7) is 4.28. The van der Waals surface area contributed by atoms with Crippen LogP contribution in [0.2, 0.25) is 0 Å². The van der Waals surface area contributed by atoms with Crippen molar-refractivity contribution in [3.05, 3.63) is 0 Å². The van der Waals surface area contributed by atoms with Crippen molar-refractivity contribution in [1.29, 1.82) is 0 Å². The number of nitrogens with one attached hydrogen (secondary N) is 1. The van der Waals surface area contributed by atoms with Crippen LogP contribution in [0.3, 0.4) is 0 Å².